The summed E-state index contributed by atoms with van der Waals surface area (Å²) < 4.78 is 6.93. The van der Waals surface area contributed by atoms with Crippen LogP contribution in [0.15, 0.2) is 30.6 Å². The summed E-state index contributed by atoms with van der Waals surface area (Å²) >= 11 is 1.16. The minimum Gasteiger partial charge on any atom is -0.508 e. The lowest BCUT2D eigenvalue weighted by Gasteiger charge is -2.33. The Morgan fingerprint density at radius 2 is 1.88 bits per heavy atom. The van der Waals surface area contributed by atoms with E-state index >= 15 is 0 Å². The van der Waals surface area contributed by atoms with Gasteiger partial charge in [0.25, 0.3) is 5.91 Å². The monoisotopic (exact) mass is 569 g/mol. The maximum atomic E-state index is 12.8. The first-order valence-electron chi connectivity index (χ1n) is 13.0. The fourth-order valence-electron chi connectivity index (χ4n) is 4.22. The minimum atomic E-state index is -0.539. The van der Waals surface area contributed by atoms with E-state index in [1.807, 2.05) is 27.7 Å². The number of hydrogen-bond acceptors (Lipinski definition) is 9. The number of rotatable bonds is 7. The third kappa shape index (κ3) is 7.50. The first-order chi connectivity index (χ1) is 18.9. The van der Waals surface area contributed by atoms with Crippen molar-refractivity contribution in [3.8, 4) is 5.75 Å². The number of carbonyl (C=O) groups is 3. The van der Waals surface area contributed by atoms with Gasteiger partial charge in [-0.25, -0.2) is 9.78 Å². The molecule has 3 amide bonds. The van der Waals surface area contributed by atoms with Crippen molar-refractivity contribution in [2.45, 2.75) is 65.6 Å². The molecule has 0 atom stereocenters. The summed E-state index contributed by atoms with van der Waals surface area (Å²) in [5.74, 6) is 0.0949. The zero-order valence-electron chi connectivity index (χ0n) is 23.3. The Morgan fingerprint density at radius 1 is 1.15 bits per heavy atom. The molecule has 1 aliphatic heterocycles. The normalized spacial score (nSPS) is 14.1. The smallest absolute Gasteiger partial charge is 0.410 e. The number of thiazole rings is 1. The Hall–Kier alpha value is -4.13. The summed E-state index contributed by atoms with van der Waals surface area (Å²) in [7, 11) is 0. The number of nitrogens with one attached hydrogen (secondary N) is 3. The van der Waals surface area contributed by atoms with E-state index in [0.717, 1.165) is 16.9 Å². The van der Waals surface area contributed by atoms with Gasteiger partial charge in [0, 0.05) is 37.0 Å². The third-order valence-corrected chi connectivity index (χ3v) is 7.22. The second kappa shape index (κ2) is 11.9. The molecule has 4 N–H and O–H groups in total. The molecule has 0 unspecified atom stereocenters. The number of amides is 3. The minimum absolute atomic E-state index is 0.0216. The summed E-state index contributed by atoms with van der Waals surface area (Å²) in [4.78, 5) is 43.9. The summed E-state index contributed by atoms with van der Waals surface area (Å²) in [6, 6.07) is 5.03. The molecular weight excluding hydrogens is 534 g/mol. The van der Waals surface area contributed by atoms with Crippen molar-refractivity contribution in [3.05, 3.63) is 46.6 Å². The number of likely N-dealkylation sites (tertiary alicyclic amines) is 1. The Bertz CT molecular complexity index is 1390. The van der Waals surface area contributed by atoms with Gasteiger partial charge in [-0.05, 0) is 59.1 Å². The van der Waals surface area contributed by atoms with Gasteiger partial charge in [0.15, 0.2) is 10.9 Å². The fraction of sp³-hybridized carbons (Fsp3) is 0.444. The lowest BCUT2D eigenvalue weighted by atomic mass is 10.1. The van der Waals surface area contributed by atoms with Crippen LogP contribution in [0.4, 0.5) is 21.4 Å². The average Bonchev–Trinajstić information content (AvgIpc) is 3.53. The van der Waals surface area contributed by atoms with Crippen molar-refractivity contribution >= 4 is 45.9 Å². The van der Waals surface area contributed by atoms with Crippen molar-refractivity contribution in [1.29, 1.82) is 0 Å². The molecule has 12 nitrogen and oxygen atoms in total. The first-order valence-corrected chi connectivity index (χ1v) is 13.8. The molecule has 1 aliphatic rings. The van der Waals surface area contributed by atoms with Gasteiger partial charge in [-0.15, -0.1) is 0 Å². The van der Waals surface area contributed by atoms with Gasteiger partial charge in [-0.2, -0.15) is 5.10 Å². The quantitative estimate of drug-likeness (QED) is 0.331. The van der Waals surface area contributed by atoms with E-state index in [1.54, 1.807) is 36.2 Å². The van der Waals surface area contributed by atoms with E-state index in [-0.39, 0.29) is 36.2 Å². The van der Waals surface area contributed by atoms with Crippen molar-refractivity contribution in [2.24, 2.45) is 0 Å². The van der Waals surface area contributed by atoms with Crippen LogP contribution in [0.3, 0.4) is 0 Å². The molecule has 1 aromatic carbocycles. The fourth-order valence-corrected chi connectivity index (χ4v) is 4.94. The predicted octanol–water partition coefficient (Wildman–Crippen LogP) is 4.17. The lowest BCUT2D eigenvalue weighted by molar-refractivity contribution is -0.122. The van der Waals surface area contributed by atoms with Crippen LogP contribution in [-0.2, 0) is 16.1 Å². The number of aryl methyl sites for hydroxylation is 1. The predicted molar refractivity (Wildman–Crippen MR) is 152 cm³/mol. The zero-order valence-corrected chi connectivity index (χ0v) is 24.1. The first kappa shape index (κ1) is 28.9. The molecule has 4 rings (SSSR count). The maximum absolute atomic E-state index is 12.8. The standard InChI is InChI=1S/C27H35N7O5S/c1-16-6-7-19(35)17(2)23(16)31-24(37)20-14-28-25(40-20)30-21-10-13-34(32-21)15-22(36)29-18-8-11-33(12-9-18)26(38)39-27(3,4)5/h6-7,10,13-14,18,35H,8-9,11-12,15H2,1-5H3,(H,29,36)(H,31,37)(H,28,30,32). The molecule has 0 saturated carbocycles. The van der Waals surface area contributed by atoms with E-state index in [2.05, 4.69) is 26.0 Å². The molecule has 3 aromatic rings. The molecule has 0 spiro atoms. The van der Waals surface area contributed by atoms with Gasteiger partial charge in [-0.1, -0.05) is 17.4 Å². The molecule has 3 heterocycles. The van der Waals surface area contributed by atoms with E-state index < -0.39 is 5.60 Å². The lowest BCUT2D eigenvalue weighted by Crippen LogP contribution is -2.48. The average molecular weight is 570 g/mol. The van der Waals surface area contributed by atoms with Crippen LogP contribution < -0.4 is 16.0 Å². The Kier molecular flexibility index (Phi) is 8.62. The van der Waals surface area contributed by atoms with Gasteiger partial charge in [0.05, 0.1) is 11.9 Å². The number of benzene rings is 1. The highest BCUT2D eigenvalue weighted by atomic mass is 32.1. The van der Waals surface area contributed by atoms with E-state index in [0.29, 0.717) is 53.0 Å². The number of aromatic nitrogens is 3. The molecular formula is C27H35N7O5S. The van der Waals surface area contributed by atoms with Crippen LogP contribution in [0.1, 0.15) is 54.4 Å². The van der Waals surface area contributed by atoms with Gasteiger partial charge in [0.1, 0.15) is 22.8 Å². The number of piperidine rings is 1. The Morgan fingerprint density at radius 3 is 2.58 bits per heavy atom. The van der Waals surface area contributed by atoms with E-state index in [4.69, 9.17) is 4.74 Å². The molecule has 0 radical (unpaired) electrons. The van der Waals surface area contributed by atoms with Crippen LogP contribution in [-0.4, -0.2) is 67.4 Å². The third-order valence-electron chi connectivity index (χ3n) is 6.31. The van der Waals surface area contributed by atoms with Crippen molar-refractivity contribution in [2.75, 3.05) is 23.7 Å². The number of aromatic hydroxyl groups is 1. The van der Waals surface area contributed by atoms with E-state index in [9.17, 15) is 19.5 Å². The molecule has 214 valence electrons. The number of phenols is 1. The van der Waals surface area contributed by atoms with Crippen LogP contribution in [0.2, 0.25) is 0 Å². The van der Waals surface area contributed by atoms with Crippen LogP contribution in [0.5, 0.6) is 5.75 Å². The van der Waals surface area contributed by atoms with Crippen LogP contribution >= 0.6 is 11.3 Å². The molecule has 13 heteroatoms. The number of ether oxygens (including phenoxy) is 1. The number of anilines is 3. The molecule has 1 fully saturated rings. The summed E-state index contributed by atoms with van der Waals surface area (Å²) in [5.41, 5.74) is 1.46. The second-order valence-electron chi connectivity index (χ2n) is 10.7. The molecule has 0 aliphatic carbocycles. The number of hydrogen-bond donors (Lipinski definition) is 4. The Balaban J connectivity index is 1.25. The highest BCUT2D eigenvalue weighted by molar-refractivity contribution is 7.17. The number of carbonyl (C=O) groups excluding carboxylic acids is 3. The van der Waals surface area contributed by atoms with Crippen molar-refractivity contribution in [1.82, 2.24) is 25.0 Å². The summed E-state index contributed by atoms with van der Waals surface area (Å²) in [5, 5.41) is 23.7. The SMILES string of the molecule is Cc1ccc(O)c(C)c1NC(=O)c1cnc(Nc2ccn(CC(=O)NC3CCN(C(=O)OC(C)(C)C)CC3)n2)s1. The van der Waals surface area contributed by atoms with Gasteiger partial charge in [-0.3, -0.25) is 14.3 Å². The molecule has 40 heavy (non-hydrogen) atoms. The van der Waals surface area contributed by atoms with Gasteiger partial charge in [0.2, 0.25) is 5.91 Å². The van der Waals surface area contributed by atoms with Gasteiger partial charge < -0.3 is 30.7 Å². The zero-order chi connectivity index (χ0) is 29.0. The maximum Gasteiger partial charge on any atom is 0.410 e. The number of nitrogens with zero attached hydrogens (tertiary/aromatic N) is 4. The Labute approximate surface area is 236 Å². The summed E-state index contributed by atoms with van der Waals surface area (Å²) in [6.07, 6.45) is 4.13. The van der Waals surface area contributed by atoms with Crippen LogP contribution in [0, 0.1) is 13.8 Å². The highest BCUT2D eigenvalue weighted by Crippen LogP contribution is 2.29. The van der Waals surface area contributed by atoms with Crippen molar-refractivity contribution in [3.63, 3.8) is 0 Å². The molecule has 0 bridgehead atoms. The molecule has 1 saturated heterocycles. The van der Waals surface area contributed by atoms with Crippen molar-refractivity contribution < 1.29 is 24.2 Å². The topological polar surface area (TPSA) is 151 Å². The highest BCUT2D eigenvalue weighted by Gasteiger charge is 2.27. The molecule has 2 aromatic heterocycles. The van der Waals surface area contributed by atoms with E-state index in [1.165, 1.54) is 10.9 Å². The van der Waals surface area contributed by atoms with Gasteiger partial charge >= 0.3 is 6.09 Å². The second-order valence-corrected chi connectivity index (χ2v) is 11.7. The summed E-state index contributed by atoms with van der Waals surface area (Å²) in [6.45, 7) is 10.2. The number of phenolic OH excluding ortho intramolecular Hbond substituents is 1. The largest absolute Gasteiger partial charge is 0.508 e. The van der Waals surface area contributed by atoms with Crippen LogP contribution in [0.25, 0.3) is 0 Å².